The molecule has 2 fully saturated rings. The molecule has 0 aliphatic carbocycles. The Morgan fingerprint density at radius 1 is 1.04 bits per heavy atom. The Balaban J connectivity index is 1.55. The molecule has 2 atom stereocenters. The molecular formula is C21H30N2O3. The van der Waals surface area contributed by atoms with Gasteiger partial charge in [0.2, 0.25) is 5.91 Å². The zero-order chi connectivity index (χ0) is 18.4. The van der Waals surface area contributed by atoms with Gasteiger partial charge in [-0.25, -0.2) is 0 Å². The second-order valence-electron chi connectivity index (χ2n) is 7.44. The largest absolute Gasteiger partial charge is 0.466 e. The number of carbonyl (C=O) groups excluding carboxylic acids is 2. The monoisotopic (exact) mass is 358 g/mol. The average Bonchev–Trinajstić information content (AvgIpc) is 2.69. The van der Waals surface area contributed by atoms with Crippen LogP contribution in [0.5, 0.6) is 0 Å². The summed E-state index contributed by atoms with van der Waals surface area (Å²) in [4.78, 5) is 29.3. The zero-order valence-electron chi connectivity index (χ0n) is 15.7. The maximum atomic E-state index is 13.0. The van der Waals surface area contributed by atoms with Gasteiger partial charge < -0.3 is 9.64 Å². The van der Waals surface area contributed by atoms with Gasteiger partial charge in [-0.05, 0) is 44.7 Å². The Hall–Kier alpha value is -1.88. The van der Waals surface area contributed by atoms with E-state index in [1.54, 1.807) is 0 Å². The van der Waals surface area contributed by atoms with Crippen molar-refractivity contribution in [2.45, 2.75) is 39.2 Å². The topological polar surface area (TPSA) is 49.9 Å². The standard InChI is InChI=1S/C21H30N2O3/c1-2-26-21(25)19-11-7-13-23(16-19)20(24)18-10-6-12-22(15-18)14-17-8-4-3-5-9-17/h3-5,8-9,18-19H,2,6-7,10-16H2,1H3. The first-order valence-electron chi connectivity index (χ1n) is 9.89. The molecular weight excluding hydrogens is 328 g/mol. The van der Waals surface area contributed by atoms with Gasteiger partial charge in [0.1, 0.15) is 0 Å². The number of rotatable bonds is 5. The van der Waals surface area contributed by atoms with Crippen LogP contribution in [-0.2, 0) is 20.9 Å². The molecule has 2 unspecified atom stereocenters. The Kier molecular flexibility index (Phi) is 6.67. The zero-order valence-corrected chi connectivity index (χ0v) is 15.7. The smallest absolute Gasteiger partial charge is 0.310 e. The number of hydrogen-bond acceptors (Lipinski definition) is 4. The highest BCUT2D eigenvalue weighted by Crippen LogP contribution is 2.24. The van der Waals surface area contributed by atoms with E-state index < -0.39 is 0 Å². The summed E-state index contributed by atoms with van der Waals surface area (Å²) in [5, 5.41) is 0. The molecule has 2 saturated heterocycles. The van der Waals surface area contributed by atoms with Crippen LogP contribution in [0.2, 0.25) is 0 Å². The number of nitrogens with zero attached hydrogens (tertiary/aromatic N) is 2. The van der Waals surface area contributed by atoms with E-state index in [1.807, 2.05) is 17.9 Å². The Morgan fingerprint density at radius 3 is 2.54 bits per heavy atom. The van der Waals surface area contributed by atoms with Crippen LogP contribution in [0.4, 0.5) is 0 Å². The van der Waals surface area contributed by atoms with Crippen molar-refractivity contribution in [3.05, 3.63) is 35.9 Å². The molecule has 3 rings (SSSR count). The summed E-state index contributed by atoms with van der Waals surface area (Å²) in [5.74, 6) is -0.0406. The van der Waals surface area contributed by atoms with Crippen molar-refractivity contribution in [1.29, 1.82) is 0 Å². The molecule has 26 heavy (non-hydrogen) atoms. The Bertz CT molecular complexity index is 605. The maximum Gasteiger partial charge on any atom is 0.310 e. The van der Waals surface area contributed by atoms with Crippen molar-refractivity contribution < 1.29 is 14.3 Å². The van der Waals surface area contributed by atoms with Crippen LogP contribution in [-0.4, -0.2) is 54.5 Å². The molecule has 0 spiro atoms. The number of benzene rings is 1. The van der Waals surface area contributed by atoms with E-state index >= 15 is 0 Å². The van der Waals surface area contributed by atoms with E-state index in [1.165, 1.54) is 5.56 Å². The van der Waals surface area contributed by atoms with Gasteiger partial charge in [0.25, 0.3) is 0 Å². The molecule has 0 bridgehead atoms. The molecule has 0 saturated carbocycles. The lowest BCUT2D eigenvalue weighted by atomic mass is 9.93. The molecule has 1 aromatic rings. The van der Waals surface area contributed by atoms with Crippen LogP contribution in [0, 0.1) is 11.8 Å². The fraction of sp³-hybridized carbons (Fsp3) is 0.619. The summed E-state index contributed by atoms with van der Waals surface area (Å²) in [5.41, 5.74) is 1.29. The van der Waals surface area contributed by atoms with Gasteiger partial charge in [-0.1, -0.05) is 30.3 Å². The molecule has 1 aromatic carbocycles. The summed E-state index contributed by atoms with van der Waals surface area (Å²) in [6.45, 7) is 6.28. The fourth-order valence-corrected chi connectivity index (χ4v) is 4.13. The molecule has 2 aliphatic heterocycles. The minimum atomic E-state index is -0.156. The van der Waals surface area contributed by atoms with Gasteiger partial charge in [-0.3, -0.25) is 14.5 Å². The number of esters is 1. The quantitative estimate of drug-likeness (QED) is 0.760. The molecule has 2 aliphatic rings. The van der Waals surface area contributed by atoms with Gasteiger partial charge in [0.15, 0.2) is 0 Å². The van der Waals surface area contributed by atoms with Gasteiger partial charge in [-0.15, -0.1) is 0 Å². The van der Waals surface area contributed by atoms with Gasteiger partial charge in [0, 0.05) is 26.2 Å². The summed E-state index contributed by atoms with van der Waals surface area (Å²) < 4.78 is 5.15. The molecule has 0 radical (unpaired) electrons. The normalized spacial score (nSPS) is 24.3. The molecule has 5 heteroatoms. The third-order valence-corrected chi connectivity index (χ3v) is 5.46. The molecule has 1 amide bonds. The SMILES string of the molecule is CCOC(=O)C1CCCN(C(=O)C2CCCN(Cc3ccccc3)C2)C1. The van der Waals surface area contributed by atoms with E-state index in [-0.39, 0.29) is 23.7 Å². The highest BCUT2D eigenvalue weighted by atomic mass is 16.5. The highest BCUT2D eigenvalue weighted by molar-refractivity contribution is 5.80. The average molecular weight is 358 g/mol. The van der Waals surface area contributed by atoms with Gasteiger partial charge >= 0.3 is 5.97 Å². The third-order valence-electron chi connectivity index (χ3n) is 5.46. The number of hydrogen-bond donors (Lipinski definition) is 0. The first-order chi connectivity index (χ1) is 12.7. The number of carbonyl (C=O) groups is 2. The van der Waals surface area contributed by atoms with Crippen molar-refractivity contribution in [3.8, 4) is 0 Å². The summed E-state index contributed by atoms with van der Waals surface area (Å²) >= 11 is 0. The van der Waals surface area contributed by atoms with Crippen molar-refractivity contribution >= 4 is 11.9 Å². The van der Waals surface area contributed by atoms with Crippen LogP contribution in [0.1, 0.15) is 38.2 Å². The van der Waals surface area contributed by atoms with Gasteiger partial charge in [0.05, 0.1) is 18.4 Å². The lowest BCUT2D eigenvalue weighted by Gasteiger charge is -2.37. The second kappa shape index (κ2) is 9.17. The summed E-state index contributed by atoms with van der Waals surface area (Å²) in [6, 6.07) is 10.4. The lowest BCUT2D eigenvalue weighted by molar-refractivity contribution is -0.152. The second-order valence-corrected chi connectivity index (χ2v) is 7.44. The van der Waals surface area contributed by atoms with Crippen LogP contribution in [0.15, 0.2) is 30.3 Å². The summed E-state index contributed by atoms with van der Waals surface area (Å²) in [6.07, 6.45) is 3.71. The number of ether oxygens (including phenoxy) is 1. The van der Waals surface area contributed by atoms with Crippen LogP contribution >= 0.6 is 0 Å². The predicted octanol–water partition coefficient (Wildman–Crippen LogP) is 2.70. The van der Waals surface area contributed by atoms with E-state index in [0.717, 1.165) is 51.9 Å². The third kappa shape index (κ3) is 4.85. The van der Waals surface area contributed by atoms with E-state index in [9.17, 15) is 9.59 Å². The molecule has 0 aromatic heterocycles. The summed E-state index contributed by atoms with van der Waals surface area (Å²) in [7, 11) is 0. The molecule has 2 heterocycles. The minimum absolute atomic E-state index is 0.0495. The number of amides is 1. The van der Waals surface area contributed by atoms with Gasteiger partial charge in [-0.2, -0.15) is 0 Å². The van der Waals surface area contributed by atoms with Crippen molar-refractivity contribution in [1.82, 2.24) is 9.80 Å². The van der Waals surface area contributed by atoms with Crippen LogP contribution in [0.3, 0.4) is 0 Å². The number of likely N-dealkylation sites (tertiary alicyclic amines) is 2. The fourth-order valence-electron chi connectivity index (χ4n) is 4.13. The van der Waals surface area contributed by atoms with Crippen molar-refractivity contribution in [2.75, 3.05) is 32.8 Å². The van der Waals surface area contributed by atoms with Crippen molar-refractivity contribution in [2.24, 2.45) is 11.8 Å². The highest BCUT2D eigenvalue weighted by Gasteiger charge is 2.34. The molecule has 0 N–H and O–H groups in total. The van der Waals surface area contributed by atoms with E-state index in [4.69, 9.17) is 4.74 Å². The minimum Gasteiger partial charge on any atom is -0.466 e. The lowest BCUT2D eigenvalue weighted by Crippen LogP contribution is -2.49. The maximum absolute atomic E-state index is 13.0. The van der Waals surface area contributed by atoms with Crippen LogP contribution < -0.4 is 0 Å². The molecule has 142 valence electrons. The van der Waals surface area contributed by atoms with E-state index in [0.29, 0.717) is 13.2 Å². The Labute approximate surface area is 156 Å². The van der Waals surface area contributed by atoms with E-state index in [2.05, 4.69) is 29.2 Å². The first kappa shape index (κ1) is 18.9. The predicted molar refractivity (Wildman–Crippen MR) is 100 cm³/mol. The van der Waals surface area contributed by atoms with Crippen LogP contribution in [0.25, 0.3) is 0 Å². The molecule has 5 nitrogen and oxygen atoms in total. The van der Waals surface area contributed by atoms with Crippen molar-refractivity contribution in [3.63, 3.8) is 0 Å². The number of piperidine rings is 2. The Morgan fingerprint density at radius 2 is 1.77 bits per heavy atom. The first-order valence-corrected chi connectivity index (χ1v) is 9.89.